The van der Waals surface area contributed by atoms with E-state index in [0.717, 1.165) is 0 Å². The largest absolute Gasteiger partial charge is 0.506 e. The summed E-state index contributed by atoms with van der Waals surface area (Å²) in [6.45, 7) is 2.61. The molecular weight excluding hydrogens is 263 g/mol. The van der Waals surface area contributed by atoms with Crippen LogP contribution in [0.2, 0.25) is 10.0 Å². The van der Waals surface area contributed by atoms with Gasteiger partial charge in [0, 0.05) is 19.7 Å². The normalized spacial score (nSPS) is 10.1. The summed E-state index contributed by atoms with van der Waals surface area (Å²) in [6.07, 6.45) is 0. The molecule has 1 aromatic carbocycles. The van der Waals surface area contributed by atoms with Crippen molar-refractivity contribution in [2.75, 3.05) is 25.5 Å². The zero-order valence-electron chi connectivity index (χ0n) is 9.63. The highest BCUT2D eigenvalue weighted by molar-refractivity contribution is 6.42. The Balaban J connectivity index is 2.70. The van der Waals surface area contributed by atoms with Gasteiger partial charge in [0.15, 0.2) is 0 Å². The number of nitrogens with one attached hydrogen (secondary N) is 1. The minimum Gasteiger partial charge on any atom is -0.506 e. The van der Waals surface area contributed by atoms with E-state index in [2.05, 4.69) is 5.32 Å². The number of benzene rings is 1. The van der Waals surface area contributed by atoms with E-state index in [-0.39, 0.29) is 23.2 Å². The second-order valence-corrected chi connectivity index (χ2v) is 4.36. The maximum atomic E-state index is 11.5. The lowest BCUT2D eigenvalue weighted by molar-refractivity contribution is -0.127. The Kier molecular flexibility index (Phi) is 4.90. The van der Waals surface area contributed by atoms with Crippen molar-refractivity contribution in [3.63, 3.8) is 0 Å². The number of carbonyl (C=O) groups excluding carboxylic acids is 1. The van der Waals surface area contributed by atoms with E-state index in [1.165, 1.54) is 12.1 Å². The molecule has 1 rings (SSSR count). The van der Waals surface area contributed by atoms with E-state index in [4.69, 9.17) is 23.2 Å². The van der Waals surface area contributed by atoms with Gasteiger partial charge in [0.1, 0.15) is 5.75 Å². The van der Waals surface area contributed by atoms with E-state index in [9.17, 15) is 9.90 Å². The van der Waals surface area contributed by atoms with Gasteiger partial charge < -0.3 is 15.3 Å². The molecule has 6 heteroatoms. The molecule has 94 valence electrons. The molecule has 0 aromatic heterocycles. The molecule has 0 aliphatic heterocycles. The molecule has 4 nitrogen and oxygen atoms in total. The zero-order chi connectivity index (χ0) is 13.0. The summed E-state index contributed by atoms with van der Waals surface area (Å²) < 4.78 is 0. The van der Waals surface area contributed by atoms with Gasteiger partial charge in [-0.15, -0.1) is 0 Å². The number of hydrogen-bond acceptors (Lipinski definition) is 3. The number of hydrogen-bond donors (Lipinski definition) is 2. The molecule has 17 heavy (non-hydrogen) atoms. The molecule has 0 atom stereocenters. The third-order valence-corrected chi connectivity index (χ3v) is 3.09. The topological polar surface area (TPSA) is 52.6 Å². The zero-order valence-corrected chi connectivity index (χ0v) is 11.1. The highest BCUT2D eigenvalue weighted by Crippen LogP contribution is 2.33. The van der Waals surface area contributed by atoms with Crippen molar-refractivity contribution in [2.24, 2.45) is 0 Å². The number of amides is 1. The molecule has 0 saturated heterocycles. The van der Waals surface area contributed by atoms with Gasteiger partial charge >= 0.3 is 0 Å². The number of carbonyl (C=O) groups is 1. The van der Waals surface area contributed by atoms with E-state index in [1.54, 1.807) is 11.9 Å². The van der Waals surface area contributed by atoms with E-state index in [0.29, 0.717) is 17.3 Å². The van der Waals surface area contributed by atoms with E-state index >= 15 is 0 Å². The standard InChI is InChI=1S/C11H14Cl2N2O2/c1-3-15(2)11(17)6-14-9-4-7(12)8(13)5-10(9)16/h4-5,14,16H,3,6H2,1-2H3. The minimum absolute atomic E-state index is 0.0358. The fourth-order valence-electron chi connectivity index (χ4n) is 1.16. The van der Waals surface area contributed by atoms with Crippen LogP contribution >= 0.6 is 23.2 Å². The summed E-state index contributed by atoms with van der Waals surface area (Å²) in [6, 6.07) is 2.82. The average molecular weight is 277 g/mol. The number of anilines is 1. The number of phenolic OH excluding ortho intramolecular Hbond substituents is 1. The molecule has 0 aliphatic carbocycles. The van der Waals surface area contributed by atoms with Gasteiger partial charge in [-0.2, -0.15) is 0 Å². The Morgan fingerprint density at radius 2 is 2.00 bits per heavy atom. The van der Waals surface area contributed by atoms with Crippen LogP contribution in [-0.2, 0) is 4.79 Å². The summed E-state index contributed by atoms with van der Waals surface area (Å²) in [5.41, 5.74) is 0.386. The monoisotopic (exact) mass is 276 g/mol. The van der Waals surface area contributed by atoms with Crippen LogP contribution in [0.5, 0.6) is 5.75 Å². The Morgan fingerprint density at radius 1 is 1.41 bits per heavy atom. The van der Waals surface area contributed by atoms with Crippen molar-refractivity contribution in [1.29, 1.82) is 0 Å². The van der Waals surface area contributed by atoms with E-state index < -0.39 is 0 Å². The molecule has 1 aromatic rings. The fraction of sp³-hybridized carbons (Fsp3) is 0.364. The van der Waals surface area contributed by atoms with Gasteiger partial charge in [-0.25, -0.2) is 0 Å². The van der Waals surface area contributed by atoms with Crippen molar-refractivity contribution in [3.8, 4) is 5.75 Å². The molecule has 1 amide bonds. The SMILES string of the molecule is CCN(C)C(=O)CNc1cc(Cl)c(Cl)cc1O. The second kappa shape index (κ2) is 5.98. The van der Waals surface area contributed by atoms with Crippen molar-refractivity contribution < 1.29 is 9.90 Å². The predicted octanol–water partition coefficient (Wildman–Crippen LogP) is 2.59. The summed E-state index contributed by atoms with van der Waals surface area (Å²) in [5, 5.41) is 13.0. The van der Waals surface area contributed by atoms with Gasteiger partial charge in [-0.1, -0.05) is 23.2 Å². The van der Waals surface area contributed by atoms with Gasteiger partial charge in [0.25, 0.3) is 0 Å². The van der Waals surface area contributed by atoms with Gasteiger partial charge in [0.05, 0.1) is 22.3 Å². The van der Waals surface area contributed by atoms with Crippen LogP contribution < -0.4 is 5.32 Å². The lowest BCUT2D eigenvalue weighted by Crippen LogP contribution is -2.31. The molecule has 0 bridgehead atoms. The highest BCUT2D eigenvalue weighted by Gasteiger charge is 2.10. The van der Waals surface area contributed by atoms with Crippen molar-refractivity contribution in [1.82, 2.24) is 4.90 Å². The number of halogens is 2. The Labute approximate surface area is 110 Å². The van der Waals surface area contributed by atoms with Crippen LogP contribution in [0.25, 0.3) is 0 Å². The third-order valence-electron chi connectivity index (χ3n) is 2.37. The molecule has 0 saturated carbocycles. The molecule has 0 aliphatic rings. The van der Waals surface area contributed by atoms with Crippen LogP contribution in [0.4, 0.5) is 5.69 Å². The van der Waals surface area contributed by atoms with Gasteiger partial charge in [0.2, 0.25) is 5.91 Å². The minimum atomic E-state index is -0.0713. The number of likely N-dealkylation sites (N-methyl/N-ethyl adjacent to an activating group) is 1. The Bertz CT molecular complexity index is 424. The van der Waals surface area contributed by atoms with Crippen LogP contribution in [-0.4, -0.2) is 36.1 Å². The van der Waals surface area contributed by atoms with Crippen molar-refractivity contribution >= 4 is 34.8 Å². The number of aromatic hydroxyl groups is 1. The molecule has 0 radical (unpaired) electrons. The summed E-state index contributed by atoms with van der Waals surface area (Å²) in [7, 11) is 1.71. The second-order valence-electron chi connectivity index (χ2n) is 3.54. The summed E-state index contributed by atoms with van der Waals surface area (Å²) >= 11 is 11.5. The Morgan fingerprint density at radius 3 is 2.59 bits per heavy atom. The lowest BCUT2D eigenvalue weighted by Gasteiger charge is -2.16. The van der Waals surface area contributed by atoms with Gasteiger partial charge in [-0.05, 0) is 13.0 Å². The predicted molar refractivity (Wildman–Crippen MR) is 69.9 cm³/mol. The highest BCUT2D eigenvalue weighted by atomic mass is 35.5. The summed E-state index contributed by atoms with van der Waals surface area (Å²) in [5.74, 6) is -0.107. The lowest BCUT2D eigenvalue weighted by atomic mass is 10.3. The maximum absolute atomic E-state index is 11.5. The number of nitrogens with zero attached hydrogens (tertiary/aromatic N) is 1. The molecule has 0 unspecified atom stereocenters. The Hall–Kier alpha value is -1.13. The molecular formula is C11H14Cl2N2O2. The maximum Gasteiger partial charge on any atom is 0.241 e. The molecule has 0 spiro atoms. The molecule has 2 N–H and O–H groups in total. The quantitative estimate of drug-likeness (QED) is 0.832. The first kappa shape index (κ1) is 13.9. The van der Waals surface area contributed by atoms with Crippen LogP contribution in [0.15, 0.2) is 12.1 Å². The summed E-state index contributed by atoms with van der Waals surface area (Å²) in [4.78, 5) is 13.1. The third kappa shape index (κ3) is 3.68. The average Bonchev–Trinajstić information content (AvgIpc) is 2.30. The number of phenols is 1. The first-order valence-electron chi connectivity index (χ1n) is 5.11. The molecule has 0 heterocycles. The fourth-order valence-corrected chi connectivity index (χ4v) is 1.48. The smallest absolute Gasteiger partial charge is 0.241 e. The van der Waals surface area contributed by atoms with Gasteiger partial charge in [-0.3, -0.25) is 4.79 Å². The van der Waals surface area contributed by atoms with Crippen molar-refractivity contribution in [2.45, 2.75) is 6.92 Å². The van der Waals surface area contributed by atoms with Crippen LogP contribution in [0, 0.1) is 0 Å². The van der Waals surface area contributed by atoms with Crippen LogP contribution in [0.3, 0.4) is 0 Å². The van der Waals surface area contributed by atoms with Crippen molar-refractivity contribution in [3.05, 3.63) is 22.2 Å². The van der Waals surface area contributed by atoms with E-state index in [1.807, 2.05) is 6.92 Å². The first-order valence-corrected chi connectivity index (χ1v) is 5.87. The first-order chi connectivity index (χ1) is 7.95. The molecule has 0 fully saturated rings. The van der Waals surface area contributed by atoms with Crippen LogP contribution in [0.1, 0.15) is 6.92 Å². The number of rotatable bonds is 4.